The van der Waals surface area contributed by atoms with Gasteiger partial charge in [0.25, 0.3) is 0 Å². The van der Waals surface area contributed by atoms with Gasteiger partial charge in [0.15, 0.2) is 11.9 Å². The predicted octanol–water partition coefficient (Wildman–Crippen LogP) is -1.02. The van der Waals surface area contributed by atoms with Crippen LogP contribution in [-0.2, 0) is 9.53 Å². The fraction of sp³-hybridized carbons (Fsp3) is 0.818. The van der Waals surface area contributed by atoms with Crippen LogP contribution in [0.3, 0.4) is 0 Å². The summed E-state index contributed by atoms with van der Waals surface area (Å²) < 4.78 is 19.7. The Labute approximate surface area is 109 Å². The summed E-state index contributed by atoms with van der Waals surface area (Å²) in [5, 5.41) is 20.9. The van der Waals surface area contributed by atoms with Gasteiger partial charge in [-0.05, 0) is 6.92 Å². The summed E-state index contributed by atoms with van der Waals surface area (Å²) in [6, 6.07) is -0.761. The van der Waals surface area contributed by atoms with Crippen molar-refractivity contribution in [2.45, 2.75) is 38.0 Å². The van der Waals surface area contributed by atoms with Gasteiger partial charge in [-0.2, -0.15) is 0 Å². The molecule has 2 saturated heterocycles. The minimum atomic E-state index is -2.22. The molecule has 0 aliphatic carbocycles. The first-order valence-electron chi connectivity index (χ1n) is 6.03. The molecule has 8 heteroatoms. The van der Waals surface area contributed by atoms with Crippen LogP contribution >= 0.6 is 0 Å². The van der Waals surface area contributed by atoms with Crippen LogP contribution in [0, 0.1) is 5.92 Å². The molecular weight excluding hydrogens is 259 g/mol. The molecular formula is C11H17FN2O5. The molecule has 1 unspecified atom stereocenters. The van der Waals surface area contributed by atoms with E-state index >= 15 is 0 Å². The fourth-order valence-electron chi connectivity index (χ4n) is 2.37. The number of alkyl halides is 1. The summed E-state index contributed by atoms with van der Waals surface area (Å²) >= 11 is 0. The highest BCUT2D eigenvalue weighted by Crippen LogP contribution is 2.37. The van der Waals surface area contributed by atoms with Gasteiger partial charge in [0, 0.05) is 6.54 Å². The highest BCUT2D eigenvalue weighted by molar-refractivity contribution is 5.97. The Balaban J connectivity index is 2.22. The number of carbonyl (C=O) groups excluding carboxylic acids is 2. The summed E-state index contributed by atoms with van der Waals surface area (Å²) in [7, 11) is 0. The molecule has 2 aliphatic heterocycles. The number of nitrogens with one attached hydrogen (secondary N) is 1. The van der Waals surface area contributed by atoms with Crippen LogP contribution in [-0.4, -0.2) is 64.3 Å². The number of urea groups is 1. The molecule has 2 aliphatic rings. The zero-order chi connectivity index (χ0) is 14.4. The maximum Gasteiger partial charge on any atom is 0.326 e. The maximum atomic E-state index is 14.5. The minimum absolute atomic E-state index is 0.000286. The van der Waals surface area contributed by atoms with Crippen molar-refractivity contribution in [3.63, 3.8) is 0 Å². The van der Waals surface area contributed by atoms with Gasteiger partial charge in [0.05, 0.1) is 12.5 Å². The molecule has 0 bridgehead atoms. The highest BCUT2D eigenvalue weighted by atomic mass is 19.1. The molecule has 0 aromatic carbocycles. The smallest absolute Gasteiger partial charge is 0.326 e. The fourth-order valence-corrected chi connectivity index (χ4v) is 2.37. The van der Waals surface area contributed by atoms with E-state index in [1.54, 1.807) is 6.92 Å². The van der Waals surface area contributed by atoms with Gasteiger partial charge < -0.3 is 14.9 Å². The minimum Gasteiger partial charge on any atom is -0.394 e. The number of amides is 3. The molecule has 2 heterocycles. The molecule has 0 saturated carbocycles. The molecule has 3 N–H and O–H groups in total. The number of aliphatic hydroxyl groups is 2. The summed E-state index contributed by atoms with van der Waals surface area (Å²) in [4.78, 5) is 24.1. The normalized spacial score (nSPS) is 43.5. The van der Waals surface area contributed by atoms with Gasteiger partial charge in [0.1, 0.15) is 12.2 Å². The van der Waals surface area contributed by atoms with Crippen molar-refractivity contribution in [1.29, 1.82) is 0 Å². The summed E-state index contributed by atoms with van der Waals surface area (Å²) in [5.41, 5.74) is -2.22. The van der Waals surface area contributed by atoms with Crippen LogP contribution in [0.4, 0.5) is 9.18 Å². The molecule has 3 amide bonds. The Kier molecular flexibility index (Phi) is 3.50. The second kappa shape index (κ2) is 4.69. The van der Waals surface area contributed by atoms with E-state index in [2.05, 4.69) is 5.32 Å². The first-order valence-corrected chi connectivity index (χ1v) is 6.03. The van der Waals surface area contributed by atoms with Crippen molar-refractivity contribution < 1.29 is 28.9 Å². The first kappa shape index (κ1) is 14.2. The molecule has 19 heavy (non-hydrogen) atoms. The summed E-state index contributed by atoms with van der Waals surface area (Å²) in [6.45, 7) is 2.15. The Hall–Kier alpha value is -1.25. The number of hydrogen-bond acceptors (Lipinski definition) is 5. The maximum absolute atomic E-state index is 14.5. The van der Waals surface area contributed by atoms with Gasteiger partial charge in [-0.1, -0.05) is 6.92 Å². The van der Waals surface area contributed by atoms with E-state index in [9.17, 15) is 19.1 Å². The van der Waals surface area contributed by atoms with Gasteiger partial charge in [0.2, 0.25) is 5.91 Å². The van der Waals surface area contributed by atoms with Gasteiger partial charge in [-0.3, -0.25) is 15.0 Å². The second-order valence-electron chi connectivity index (χ2n) is 5.15. The van der Waals surface area contributed by atoms with Crippen molar-refractivity contribution >= 4 is 11.9 Å². The number of carbonyl (C=O) groups is 2. The van der Waals surface area contributed by atoms with E-state index in [1.807, 2.05) is 0 Å². The Morgan fingerprint density at radius 1 is 1.58 bits per heavy atom. The predicted molar refractivity (Wildman–Crippen MR) is 60.7 cm³/mol. The lowest BCUT2D eigenvalue weighted by atomic mass is 9.97. The first-order chi connectivity index (χ1) is 8.78. The highest BCUT2D eigenvalue weighted by Gasteiger charge is 2.57. The van der Waals surface area contributed by atoms with Gasteiger partial charge in [-0.15, -0.1) is 0 Å². The van der Waals surface area contributed by atoms with Crippen LogP contribution < -0.4 is 5.32 Å². The SMILES string of the molecule is CC1CN([C@@H]2O[C@H](CO)[C@@H](O)[C@@]2(C)F)C(=O)NC1=O. The Bertz CT molecular complexity index is 403. The lowest BCUT2D eigenvalue weighted by Crippen LogP contribution is -2.61. The zero-order valence-corrected chi connectivity index (χ0v) is 10.7. The molecule has 5 atom stereocenters. The molecule has 0 aromatic heterocycles. The lowest BCUT2D eigenvalue weighted by Gasteiger charge is -2.38. The number of ether oxygens (including phenoxy) is 1. The Morgan fingerprint density at radius 3 is 2.74 bits per heavy atom. The number of imide groups is 1. The van der Waals surface area contributed by atoms with E-state index in [0.717, 1.165) is 11.8 Å². The van der Waals surface area contributed by atoms with E-state index in [1.165, 1.54) is 0 Å². The van der Waals surface area contributed by atoms with Crippen molar-refractivity contribution in [3.8, 4) is 0 Å². The average Bonchev–Trinajstić information content (AvgIpc) is 2.56. The van der Waals surface area contributed by atoms with E-state index in [0.29, 0.717) is 0 Å². The van der Waals surface area contributed by atoms with Crippen LogP contribution in [0.2, 0.25) is 0 Å². The monoisotopic (exact) mass is 276 g/mol. The summed E-state index contributed by atoms with van der Waals surface area (Å²) in [5.74, 6) is -0.929. The second-order valence-corrected chi connectivity index (χ2v) is 5.15. The Morgan fingerprint density at radius 2 is 2.21 bits per heavy atom. The number of halogens is 1. The van der Waals surface area contributed by atoms with E-state index in [-0.39, 0.29) is 6.54 Å². The van der Waals surface area contributed by atoms with Gasteiger partial charge >= 0.3 is 6.03 Å². The van der Waals surface area contributed by atoms with Gasteiger partial charge in [-0.25, -0.2) is 9.18 Å². The standard InChI is InChI=1S/C11H17FN2O5/c1-5-3-14(10(18)13-8(5)17)9-11(2,12)7(16)6(4-15)19-9/h5-7,9,15-16H,3-4H2,1-2H3,(H,13,17,18)/t5?,6-,7-,9-,11-/m1/s1. The van der Waals surface area contributed by atoms with Crippen LogP contribution in [0.15, 0.2) is 0 Å². The average molecular weight is 276 g/mol. The third-order valence-electron chi connectivity index (χ3n) is 3.59. The molecule has 108 valence electrons. The molecule has 2 rings (SSSR count). The van der Waals surface area contributed by atoms with E-state index < -0.39 is 48.6 Å². The molecule has 2 fully saturated rings. The zero-order valence-electron chi connectivity index (χ0n) is 10.7. The number of hydrogen-bond donors (Lipinski definition) is 3. The number of nitrogens with zero attached hydrogens (tertiary/aromatic N) is 1. The molecule has 0 aromatic rings. The van der Waals surface area contributed by atoms with Crippen molar-refractivity contribution in [3.05, 3.63) is 0 Å². The third-order valence-corrected chi connectivity index (χ3v) is 3.59. The molecule has 0 radical (unpaired) electrons. The largest absolute Gasteiger partial charge is 0.394 e. The van der Waals surface area contributed by atoms with Crippen molar-refractivity contribution in [2.75, 3.05) is 13.2 Å². The molecule has 0 spiro atoms. The topological polar surface area (TPSA) is 99.1 Å². The van der Waals surface area contributed by atoms with Crippen molar-refractivity contribution in [1.82, 2.24) is 10.2 Å². The van der Waals surface area contributed by atoms with Crippen LogP contribution in [0.5, 0.6) is 0 Å². The lowest BCUT2D eigenvalue weighted by molar-refractivity contribution is -0.132. The van der Waals surface area contributed by atoms with Crippen molar-refractivity contribution in [2.24, 2.45) is 5.92 Å². The molecule has 7 nitrogen and oxygen atoms in total. The van der Waals surface area contributed by atoms with Crippen LogP contribution in [0.1, 0.15) is 13.8 Å². The van der Waals surface area contributed by atoms with Crippen LogP contribution in [0.25, 0.3) is 0 Å². The van der Waals surface area contributed by atoms with E-state index in [4.69, 9.17) is 9.84 Å². The quantitative estimate of drug-likeness (QED) is 0.599. The number of aliphatic hydroxyl groups excluding tert-OH is 2. The third kappa shape index (κ3) is 2.19. The number of rotatable bonds is 2. The summed E-state index contributed by atoms with van der Waals surface area (Å²) in [6.07, 6.45) is -3.97.